The van der Waals surface area contributed by atoms with Gasteiger partial charge in [-0.1, -0.05) is 51.5 Å². The summed E-state index contributed by atoms with van der Waals surface area (Å²) < 4.78 is 0. The van der Waals surface area contributed by atoms with E-state index in [4.69, 9.17) is 4.98 Å². The molecule has 3 rings (SSSR count). The maximum Gasteiger partial charge on any atom is 0.159 e. The molecule has 2 nitrogen and oxygen atoms in total. The van der Waals surface area contributed by atoms with Crippen molar-refractivity contribution >= 4 is 0 Å². The van der Waals surface area contributed by atoms with Gasteiger partial charge in [0.05, 0.1) is 0 Å². The summed E-state index contributed by atoms with van der Waals surface area (Å²) in [6.07, 6.45) is 7.90. The topological polar surface area (TPSA) is 25.8 Å². The van der Waals surface area contributed by atoms with Crippen LogP contribution in [-0.2, 0) is 19.3 Å². The van der Waals surface area contributed by atoms with Crippen LogP contribution in [0, 0.1) is 11.8 Å². The van der Waals surface area contributed by atoms with Crippen LogP contribution in [0.5, 0.6) is 0 Å². The smallest absolute Gasteiger partial charge is 0.159 e. The molecule has 0 aliphatic heterocycles. The molecule has 0 saturated heterocycles. The van der Waals surface area contributed by atoms with Gasteiger partial charge in [-0.05, 0) is 48.6 Å². The summed E-state index contributed by atoms with van der Waals surface area (Å²) in [4.78, 5) is 9.41. The highest BCUT2D eigenvalue weighted by Gasteiger charge is 2.17. The molecule has 22 heavy (non-hydrogen) atoms. The summed E-state index contributed by atoms with van der Waals surface area (Å²) in [5, 5.41) is 0. The first kappa shape index (κ1) is 15.2. The molecule has 1 aliphatic carbocycles. The van der Waals surface area contributed by atoms with E-state index in [-0.39, 0.29) is 0 Å². The largest absolute Gasteiger partial charge is 0.236 e. The third kappa shape index (κ3) is 3.37. The van der Waals surface area contributed by atoms with Crippen LogP contribution in [0.4, 0.5) is 0 Å². The first-order chi connectivity index (χ1) is 10.7. The Hall–Kier alpha value is -1.70. The Labute approximate surface area is 134 Å². The third-order valence-corrected chi connectivity index (χ3v) is 4.89. The fourth-order valence-electron chi connectivity index (χ4n) is 3.17. The maximum atomic E-state index is 4.81. The van der Waals surface area contributed by atoms with E-state index in [2.05, 4.69) is 50.0 Å². The molecule has 0 radical (unpaired) electrons. The van der Waals surface area contributed by atoms with Crippen LogP contribution >= 0.6 is 0 Å². The average molecular weight is 294 g/mol. The number of nitrogens with zero attached hydrogens (tertiary/aromatic N) is 2. The summed E-state index contributed by atoms with van der Waals surface area (Å²) in [6, 6.07) is 8.80. The number of rotatable bonds is 4. The molecule has 2 unspecified atom stereocenters. The predicted octanol–water partition coefficient (Wildman–Crippen LogP) is 4.86. The molecule has 2 heteroatoms. The first-order valence-electron chi connectivity index (χ1n) is 8.59. The Balaban J connectivity index is 1.79. The highest BCUT2D eigenvalue weighted by atomic mass is 14.9. The summed E-state index contributed by atoms with van der Waals surface area (Å²) >= 11 is 0. The van der Waals surface area contributed by atoms with E-state index >= 15 is 0 Å². The molecule has 1 aromatic carbocycles. The van der Waals surface area contributed by atoms with Gasteiger partial charge in [0, 0.05) is 17.5 Å². The number of hydrogen-bond acceptors (Lipinski definition) is 2. The summed E-state index contributed by atoms with van der Waals surface area (Å²) in [5.41, 5.74) is 5.14. The number of aryl methyl sites for hydroxylation is 1. The van der Waals surface area contributed by atoms with Crippen LogP contribution in [0.1, 0.15) is 50.4 Å². The van der Waals surface area contributed by atoms with Gasteiger partial charge >= 0.3 is 0 Å². The minimum atomic E-state index is 0.743. The first-order valence-corrected chi connectivity index (χ1v) is 8.59. The molecule has 2 atom stereocenters. The summed E-state index contributed by atoms with van der Waals surface area (Å²) in [6.45, 7) is 6.87. The predicted molar refractivity (Wildman–Crippen MR) is 91.8 cm³/mol. The van der Waals surface area contributed by atoms with Crippen LogP contribution in [-0.4, -0.2) is 9.97 Å². The third-order valence-electron chi connectivity index (χ3n) is 4.89. The van der Waals surface area contributed by atoms with Crippen molar-refractivity contribution in [2.75, 3.05) is 0 Å². The summed E-state index contributed by atoms with van der Waals surface area (Å²) in [5.74, 6) is 2.39. The highest BCUT2D eigenvalue weighted by molar-refractivity contribution is 5.55. The van der Waals surface area contributed by atoms with Crippen molar-refractivity contribution < 1.29 is 0 Å². The zero-order chi connectivity index (χ0) is 15.5. The molecule has 0 saturated carbocycles. The zero-order valence-electron chi connectivity index (χ0n) is 14.0. The van der Waals surface area contributed by atoms with E-state index in [1.807, 2.05) is 6.20 Å². The van der Waals surface area contributed by atoms with Crippen molar-refractivity contribution in [2.45, 2.75) is 52.9 Å². The second-order valence-corrected chi connectivity index (χ2v) is 6.93. The molecule has 2 aromatic rings. The molecule has 116 valence electrons. The van der Waals surface area contributed by atoms with Crippen LogP contribution in [0.3, 0.4) is 0 Å². The molecule has 1 aromatic heterocycles. The average Bonchev–Trinajstić information content (AvgIpc) is 2.55. The van der Waals surface area contributed by atoms with Crippen LogP contribution in [0.2, 0.25) is 0 Å². The van der Waals surface area contributed by atoms with Gasteiger partial charge in [-0.3, -0.25) is 0 Å². The van der Waals surface area contributed by atoms with Gasteiger partial charge in [0.25, 0.3) is 0 Å². The molecule has 0 N–H and O–H groups in total. The summed E-state index contributed by atoms with van der Waals surface area (Å²) in [7, 11) is 0. The van der Waals surface area contributed by atoms with E-state index in [1.54, 1.807) is 0 Å². The van der Waals surface area contributed by atoms with Gasteiger partial charge in [0.1, 0.15) is 0 Å². The monoisotopic (exact) mass is 294 g/mol. The van der Waals surface area contributed by atoms with E-state index in [1.165, 1.54) is 29.7 Å². The van der Waals surface area contributed by atoms with Crippen LogP contribution < -0.4 is 0 Å². The molecular weight excluding hydrogens is 268 g/mol. The molecular formula is C20H26N2. The Morgan fingerprint density at radius 1 is 1.23 bits per heavy atom. The molecule has 0 bridgehead atoms. The lowest BCUT2D eigenvalue weighted by atomic mass is 9.89. The van der Waals surface area contributed by atoms with Gasteiger partial charge in [0.15, 0.2) is 5.82 Å². The fraction of sp³-hybridized carbons (Fsp3) is 0.500. The van der Waals surface area contributed by atoms with E-state index < -0.39 is 0 Å². The second kappa shape index (κ2) is 6.60. The second-order valence-electron chi connectivity index (χ2n) is 6.93. The SMILES string of the molecule is CCC(C)Cc1ccc(-c2ncc3c(n2)CCC(C)C3)cc1. The van der Waals surface area contributed by atoms with Crippen LogP contribution in [0.15, 0.2) is 30.5 Å². The lowest BCUT2D eigenvalue weighted by Crippen LogP contribution is -2.14. The number of hydrogen-bond donors (Lipinski definition) is 0. The van der Waals surface area contributed by atoms with E-state index in [0.29, 0.717) is 0 Å². The van der Waals surface area contributed by atoms with Gasteiger partial charge < -0.3 is 0 Å². The lowest BCUT2D eigenvalue weighted by molar-refractivity contribution is 0.492. The minimum absolute atomic E-state index is 0.743. The van der Waals surface area contributed by atoms with Crippen molar-refractivity contribution in [1.29, 1.82) is 0 Å². The van der Waals surface area contributed by atoms with Crippen LogP contribution in [0.25, 0.3) is 11.4 Å². The minimum Gasteiger partial charge on any atom is -0.236 e. The van der Waals surface area contributed by atoms with Crippen molar-refractivity contribution in [3.05, 3.63) is 47.3 Å². The lowest BCUT2D eigenvalue weighted by Gasteiger charge is -2.20. The molecule has 0 spiro atoms. The van der Waals surface area contributed by atoms with Crippen molar-refractivity contribution in [3.8, 4) is 11.4 Å². The van der Waals surface area contributed by atoms with Gasteiger partial charge in [0.2, 0.25) is 0 Å². The number of benzene rings is 1. The molecule has 1 aliphatic rings. The fourth-order valence-corrected chi connectivity index (χ4v) is 3.17. The van der Waals surface area contributed by atoms with Crippen molar-refractivity contribution in [1.82, 2.24) is 9.97 Å². The quantitative estimate of drug-likeness (QED) is 0.805. The zero-order valence-corrected chi connectivity index (χ0v) is 14.0. The number of aromatic nitrogens is 2. The standard InChI is InChI=1S/C20H26N2/c1-4-14(2)11-16-6-8-17(9-7-16)20-21-13-18-12-15(3)5-10-19(18)22-20/h6-9,13-15H,4-5,10-12H2,1-3H3. The Bertz CT molecular complexity index is 631. The normalized spacial score (nSPS) is 18.8. The Morgan fingerprint density at radius 2 is 2.00 bits per heavy atom. The van der Waals surface area contributed by atoms with Gasteiger partial charge in [-0.2, -0.15) is 0 Å². The van der Waals surface area contributed by atoms with Gasteiger partial charge in [-0.15, -0.1) is 0 Å². The Kier molecular flexibility index (Phi) is 4.56. The Morgan fingerprint density at radius 3 is 2.73 bits per heavy atom. The van der Waals surface area contributed by atoms with E-state index in [0.717, 1.165) is 42.5 Å². The molecule has 0 fully saturated rings. The molecule has 0 amide bonds. The number of fused-ring (bicyclic) bond motifs is 1. The van der Waals surface area contributed by atoms with E-state index in [9.17, 15) is 0 Å². The van der Waals surface area contributed by atoms with Crippen molar-refractivity contribution in [3.63, 3.8) is 0 Å². The maximum absolute atomic E-state index is 4.81. The molecule has 1 heterocycles. The van der Waals surface area contributed by atoms with Gasteiger partial charge in [-0.25, -0.2) is 9.97 Å². The highest BCUT2D eigenvalue weighted by Crippen LogP contribution is 2.25. The van der Waals surface area contributed by atoms with Crippen molar-refractivity contribution in [2.24, 2.45) is 11.8 Å².